The van der Waals surface area contributed by atoms with Crippen LogP contribution in [0.3, 0.4) is 0 Å². The predicted molar refractivity (Wildman–Crippen MR) is 109 cm³/mol. The molecule has 0 aliphatic rings. The number of amides is 2. The monoisotopic (exact) mass is 408 g/mol. The summed E-state index contributed by atoms with van der Waals surface area (Å²) in [6.07, 6.45) is 0. The van der Waals surface area contributed by atoms with Crippen molar-refractivity contribution in [3.05, 3.63) is 57.6 Å². The first-order valence-electron chi connectivity index (χ1n) is 8.54. The number of hydrogen-bond acceptors (Lipinski definition) is 3. The number of likely N-dealkylation sites (N-methyl/N-ethyl adjacent to an activating group) is 1. The Morgan fingerprint density at radius 3 is 2.33 bits per heavy atom. The van der Waals surface area contributed by atoms with E-state index in [2.05, 4.69) is 5.32 Å². The van der Waals surface area contributed by atoms with Crippen molar-refractivity contribution in [2.24, 2.45) is 0 Å². The zero-order chi connectivity index (χ0) is 20.0. The van der Waals surface area contributed by atoms with E-state index >= 15 is 0 Å². The smallest absolute Gasteiger partial charge is 0.260 e. The number of ether oxygens (including phenoxy) is 1. The van der Waals surface area contributed by atoms with Crippen molar-refractivity contribution in [3.63, 3.8) is 0 Å². The van der Waals surface area contributed by atoms with Crippen LogP contribution in [0.15, 0.2) is 36.4 Å². The van der Waals surface area contributed by atoms with Crippen LogP contribution in [0.2, 0.25) is 10.0 Å². The number of benzene rings is 2. The van der Waals surface area contributed by atoms with Gasteiger partial charge in [-0.15, -0.1) is 0 Å². The zero-order valence-electron chi connectivity index (χ0n) is 15.5. The molecule has 27 heavy (non-hydrogen) atoms. The molecule has 0 saturated carbocycles. The summed E-state index contributed by atoms with van der Waals surface area (Å²) in [4.78, 5) is 26.1. The molecule has 0 spiro atoms. The lowest BCUT2D eigenvalue weighted by atomic mass is 10.1. The van der Waals surface area contributed by atoms with Gasteiger partial charge >= 0.3 is 0 Å². The number of anilines is 1. The lowest BCUT2D eigenvalue weighted by Crippen LogP contribution is -2.40. The molecule has 0 bridgehead atoms. The van der Waals surface area contributed by atoms with Gasteiger partial charge in [0, 0.05) is 6.54 Å². The summed E-state index contributed by atoms with van der Waals surface area (Å²) < 4.78 is 5.64. The maximum Gasteiger partial charge on any atom is 0.260 e. The molecule has 1 N–H and O–H groups in total. The van der Waals surface area contributed by atoms with Crippen molar-refractivity contribution in [3.8, 4) is 5.75 Å². The second-order valence-electron chi connectivity index (χ2n) is 6.04. The zero-order valence-corrected chi connectivity index (χ0v) is 17.0. The van der Waals surface area contributed by atoms with Gasteiger partial charge in [-0.2, -0.15) is 0 Å². The Hall–Kier alpha value is -2.24. The highest BCUT2D eigenvalue weighted by Gasteiger charge is 2.18. The van der Waals surface area contributed by atoms with Gasteiger partial charge in [0.1, 0.15) is 5.75 Å². The number of rotatable bonds is 7. The highest BCUT2D eigenvalue weighted by Crippen LogP contribution is 2.29. The third-order valence-corrected chi connectivity index (χ3v) is 4.83. The average Bonchev–Trinajstić information content (AvgIpc) is 2.64. The third-order valence-electron chi connectivity index (χ3n) is 4.20. The highest BCUT2D eigenvalue weighted by molar-refractivity contribution is 6.39. The first-order chi connectivity index (χ1) is 12.8. The van der Waals surface area contributed by atoms with Crippen molar-refractivity contribution in [2.45, 2.75) is 20.8 Å². The standard InChI is InChI=1S/C20H22Cl2N2O3/c1-4-24(11-18(25)23-20-15(21)8-6-9-16(20)22)19(26)12-27-17-10-5-7-13(2)14(17)3/h5-10H,4,11-12H2,1-3H3,(H,23,25). The van der Waals surface area contributed by atoms with Gasteiger partial charge in [0.05, 0.1) is 22.3 Å². The molecule has 144 valence electrons. The van der Waals surface area contributed by atoms with Gasteiger partial charge in [-0.05, 0) is 50.1 Å². The van der Waals surface area contributed by atoms with Crippen LogP contribution in [-0.4, -0.2) is 36.4 Å². The quantitative estimate of drug-likeness (QED) is 0.734. The maximum absolute atomic E-state index is 12.4. The van der Waals surface area contributed by atoms with E-state index in [1.54, 1.807) is 25.1 Å². The van der Waals surface area contributed by atoms with Gasteiger partial charge in [-0.1, -0.05) is 41.4 Å². The summed E-state index contributed by atoms with van der Waals surface area (Å²) in [7, 11) is 0. The number of nitrogens with one attached hydrogen (secondary N) is 1. The van der Waals surface area contributed by atoms with Crippen molar-refractivity contribution < 1.29 is 14.3 Å². The van der Waals surface area contributed by atoms with Gasteiger partial charge in [0.2, 0.25) is 5.91 Å². The van der Waals surface area contributed by atoms with Crippen molar-refractivity contribution in [1.29, 1.82) is 0 Å². The Bertz CT molecular complexity index is 820. The minimum absolute atomic E-state index is 0.118. The minimum Gasteiger partial charge on any atom is -0.483 e. The van der Waals surface area contributed by atoms with Crippen LogP contribution in [0.4, 0.5) is 5.69 Å². The molecule has 2 aromatic rings. The Balaban J connectivity index is 1.96. The van der Waals surface area contributed by atoms with Crippen molar-refractivity contribution in [2.75, 3.05) is 25.0 Å². The summed E-state index contributed by atoms with van der Waals surface area (Å²) in [6, 6.07) is 10.6. The molecular weight excluding hydrogens is 387 g/mol. The van der Waals surface area contributed by atoms with Crippen LogP contribution in [0.5, 0.6) is 5.75 Å². The van der Waals surface area contributed by atoms with Crippen LogP contribution in [-0.2, 0) is 9.59 Å². The number of carbonyl (C=O) groups is 2. The molecule has 7 heteroatoms. The van der Waals surface area contributed by atoms with Crippen LogP contribution in [0.1, 0.15) is 18.1 Å². The SMILES string of the molecule is CCN(CC(=O)Nc1c(Cl)cccc1Cl)C(=O)COc1cccc(C)c1C. The normalized spacial score (nSPS) is 10.4. The first-order valence-corrected chi connectivity index (χ1v) is 9.29. The Kier molecular flexibility index (Phi) is 7.51. The predicted octanol–water partition coefficient (Wildman–Crippen LogP) is 4.48. The summed E-state index contributed by atoms with van der Waals surface area (Å²) in [6.45, 7) is 5.83. The van der Waals surface area contributed by atoms with Crippen LogP contribution >= 0.6 is 23.2 Å². The van der Waals surface area contributed by atoms with Gasteiger partial charge in [0.25, 0.3) is 5.91 Å². The largest absolute Gasteiger partial charge is 0.483 e. The summed E-state index contributed by atoms with van der Waals surface area (Å²) in [5.41, 5.74) is 2.41. The van der Waals surface area contributed by atoms with E-state index in [0.29, 0.717) is 28.0 Å². The minimum atomic E-state index is -0.382. The third kappa shape index (κ3) is 5.62. The fraction of sp³-hybridized carbons (Fsp3) is 0.300. The number of aryl methyl sites for hydroxylation is 1. The van der Waals surface area contributed by atoms with Crippen LogP contribution in [0, 0.1) is 13.8 Å². The van der Waals surface area contributed by atoms with E-state index in [4.69, 9.17) is 27.9 Å². The maximum atomic E-state index is 12.4. The molecule has 0 heterocycles. The Morgan fingerprint density at radius 1 is 1.07 bits per heavy atom. The van der Waals surface area contributed by atoms with Crippen molar-refractivity contribution >= 4 is 40.7 Å². The second-order valence-corrected chi connectivity index (χ2v) is 6.85. The Labute approximate surface area is 169 Å². The molecule has 0 aliphatic heterocycles. The molecule has 0 atom stereocenters. The van der Waals surface area contributed by atoms with Gasteiger partial charge in [0.15, 0.2) is 6.61 Å². The molecule has 0 saturated heterocycles. The van der Waals surface area contributed by atoms with Gasteiger partial charge in [-0.25, -0.2) is 0 Å². The van der Waals surface area contributed by atoms with Crippen molar-refractivity contribution in [1.82, 2.24) is 4.90 Å². The first kappa shape index (κ1) is 21.1. The number of hydrogen-bond donors (Lipinski definition) is 1. The van der Waals surface area contributed by atoms with E-state index in [9.17, 15) is 9.59 Å². The summed E-state index contributed by atoms with van der Waals surface area (Å²) >= 11 is 12.1. The number of carbonyl (C=O) groups excluding carboxylic acids is 2. The average molecular weight is 409 g/mol. The number of nitrogens with zero attached hydrogens (tertiary/aromatic N) is 1. The summed E-state index contributed by atoms with van der Waals surface area (Å²) in [5, 5.41) is 3.32. The molecule has 0 fully saturated rings. The van der Waals surface area contributed by atoms with E-state index in [-0.39, 0.29) is 25.0 Å². The van der Waals surface area contributed by atoms with E-state index in [1.165, 1.54) is 4.90 Å². The highest BCUT2D eigenvalue weighted by atomic mass is 35.5. The van der Waals surface area contributed by atoms with E-state index in [1.807, 2.05) is 32.0 Å². The molecule has 0 radical (unpaired) electrons. The van der Waals surface area contributed by atoms with Gasteiger partial charge < -0.3 is 15.0 Å². The summed E-state index contributed by atoms with van der Waals surface area (Å²) in [5.74, 6) is -0.00236. The van der Waals surface area contributed by atoms with Crippen LogP contribution < -0.4 is 10.1 Å². The molecule has 0 aromatic heterocycles. The lowest BCUT2D eigenvalue weighted by Gasteiger charge is -2.21. The van der Waals surface area contributed by atoms with E-state index in [0.717, 1.165) is 11.1 Å². The molecular formula is C20H22Cl2N2O3. The molecule has 5 nitrogen and oxygen atoms in total. The molecule has 2 aromatic carbocycles. The number of halogens is 2. The molecule has 2 amide bonds. The second kappa shape index (κ2) is 9.62. The Morgan fingerprint density at radius 2 is 1.70 bits per heavy atom. The lowest BCUT2D eigenvalue weighted by molar-refractivity contribution is -0.136. The topological polar surface area (TPSA) is 58.6 Å². The molecule has 0 unspecified atom stereocenters. The fourth-order valence-electron chi connectivity index (χ4n) is 2.46. The number of para-hydroxylation sites is 1. The van der Waals surface area contributed by atoms with Crippen LogP contribution in [0.25, 0.3) is 0 Å². The van der Waals surface area contributed by atoms with E-state index < -0.39 is 0 Å². The molecule has 0 aliphatic carbocycles. The molecule has 2 rings (SSSR count). The van der Waals surface area contributed by atoms with Gasteiger partial charge in [-0.3, -0.25) is 9.59 Å². The fourth-order valence-corrected chi connectivity index (χ4v) is 2.95.